The summed E-state index contributed by atoms with van der Waals surface area (Å²) in [7, 11) is 3.25. The van der Waals surface area contributed by atoms with E-state index in [9.17, 15) is 19.6 Å². The summed E-state index contributed by atoms with van der Waals surface area (Å²) in [5.74, 6) is -0.272. The van der Waals surface area contributed by atoms with E-state index in [0.717, 1.165) is 25.7 Å². The quantitative estimate of drug-likeness (QED) is 0.331. The molecule has 1 saturated heterocycles. The first kappa shape index (κ1) is 23.1. The molecule has 0 spiro atoms. The molecule has 170 valence electrons. The van der Waals surface area contributed by atoms with Crippen LogP contribution in [0.2, 0.25) is 0 Å². The van der Waals surface area contributed by atoms with Gasteiger partial charge in [-0.3, -0.25) is 29.6 Å². The molecule has 10 heteroatoms. The highest BCUT2D eigenvalue weighted by molar-refractivity contribution is 5.91. The fourth-order valence-corrected chi connectivity index (χ4v) is 4.68. The van der Waals surface area contributed by atoms with Crippen molar-refractivity contribution in [3.63, 3.8) is 0 Å². The van der Waals surface area contributed by atoms with Gasteiger partial charge in [0.2, 0.25) is 18.2 Å². The topological polar surface area (TPSA) is 116 Å². The summed E-state index contributed by atoms with van der Waals surface area (Å²) in [6.07, 6.45) is 8.76. The van der Waals surface area contributed by atoms with Crippen LogP contribution in [-0.4, -0.2) is 81.6 Å². The number of amides is 2. The van der Waals surface area contributed by atoms with E-state index < -0.39 is 12.0 Å². The van der Waals surface area contributed by atoms with E-state index in [1.807, 2.05) is 0 Å². The molecular weight excluding hydrogens is 402 g/mol. The van der Waals surface area contributed by atoms with Gasteiger partial charge in [0.15, 0.2) is 5.78 Å². The lowest BCUT2D eigenvalue weighted by atomic mass is 9.91. The number of carbonyl (C=O) groups is 3. The lowest BCUT2D eigenvalue weighted by Crippen LogP contribution is -2.51. The van der Waals surface area contributed by atoms with E-state index in [1.54, 1.807) is 12.1 Å². The Hall–Kier alpha value is -2.59. The van der Waals surface area contributed by atoms with Crippen LogP contribution in [0.25, 0.3) is 0 Å². The predicted molar refractivity (Wildman–Crippen MR) is 110 cm³/mol. The van der Waals surface area contributed by atoms with E-state index in [1.165, 1.54) is 24.5 Å². The maximum Gasteiger partial charge on any atom is 0.242 e. The summed E-state index contributed by atoms with van der Waals surface area (Å²) < 4.78 is 5.19. The molecule has 3 rings (SSSR count). The molecule has 1 aromatic rings. The first-order valence-electron chi connectivity index (χ1n) is 10.8. The SMILES string of the molecule is COc1nccnc1CC(=O)[C@@H]1CCN(C)N1C(=O)[C@H](CC1CCCC1)CN(O)C=O. The Labute approximate surface area is 182 Å². The van der Waals surface area contributed by atoms with Gasteiger partial charge < -0.3 is 4.74 Å². The van der Waals surface area contributed by atoms with Crippen LogP contribution in [0.5, 0.6) is 5.88 Å². The smallest absolute Gasteiger partial charge is 0.242 e. The molecule has 10 nitrogen and oxygen atoms in total. The third kappa shape index (κ3) is 5.56. The average molecular weight is 434 g/mol. The molecule has 2 aliphatic rings. The number of hydrogen-bond acceptors (Lipinski definition) is 8. The summed E-state index contributed by atoms with van der Waals surface area (Å²) in [4.78, 5) is 45.9. The lowest BCUT2D eigenvalue weighted by Gasteiger charge is -2.33. The molecule has 2 heterocycles. The maximum atomic E-state index is 13.5. The minimum absolute atomic E-state index is 0.00700. The van der Waals surface area contributed by atoms with Crippen LogP contribution < -0.4 is 4.74 Å². The number of carbonyl (C=O) groups excluding carboxylic acids is 3. The van der Waals surface area contributed by atoms with Crippen molar-refractivity contribution in [2.75, 3.05) is 27.2 Å². The third-order valence-electron chi connectivity index (χ3n) is 6.23. The Morgan fingerprint density at radius 3 is 2.68 bits per heavy atom. The summed E-state index contributed by atoms with van der Waals surface area (Å²) in [6, 6.07) is -0.626. The number of hydrogen-bond donors (Lipinski definition) is 1. The second-order valence-corrected chi connectivity index (χ2v) is 8.33. The number of ketones is 1. The third-order valence-corrected chi connectivity index (χ3v) is 6.23. The van der Waals surface area contributed by atoms with Gasteiger partial charge in [-0.25, -0.2) is 15.1 Å². The minimum atomic E-state index is -0.626. The second kappa shape index (κ2) is 10.6. The van der Waals surface area contributed by atoms with Crippen molar-refractivity contribution in [3.8, 4) is 5.88 Å². The van der Waals surface area contributed by atoms with Gasteiger partial charge in [-0.2, -0.15) is 0 Å². The number of Topliss-reactive ketones (excluding diaryl/α,β-unsaturated/α-hetero) is 1. The minimum Gasteiger partial charge on any atom is -0.480 e. The van der Waals surface area contributed by atoms with Crippen molar-refractivity contribution < 1.29 is 24.3 Å². The van der Waals surface area contributed by atoms with Gasteiger partial charge in [0, 0.05) is 26.0 Å². The molecule has 2 amide bonds. The normalized spacial score (nSPS) is 20.6. The number of aromatic nitrogens is 2. The summed E-state index contributed by atoms with van der Waals surface area (Å²) in [6.45, 7) is 0.481. The first-order chi connectivity index (χ1) is 14.9. The average Bonchev–Trinajstić information content (AvgIpc) is 3.42. The summed E-state index contributed by atoms with van der Waals surface area (Å²) in [5, 5.41) is 13.6. The lowest BCUT2D eigenvalue weighted by molar-refractivity contribution is -0.164. The van der Waals surface area contributed by atoms with Crippen molar-refractivity contribution in [3.05, 3.63) is 18.1 Å². The van der Waals surface area contributed by atoms with Crippen LogP contribution in [0.4, 0.5) is 0 Å². The molecule has 2 atom stereocenters. The molecule has 2 fully saturated rings. The number of hydroxylamine groups is 2. The zero-order chi connectivity index (χ0) is 22.4. The van der Waals surface area contributed by atoms with Crippen LogP contribution >= 0.6 is 0 Å². The molecular formula is C21H31N5O5. The Morgan fingerprint density at radius 1 is 1.29 bits per heavy atom. The molecule has 1 aliphatic carbocycles. The van der Waals surface area contributed by atoms with Gasteiger partial charge in [0.1, 0.15) is 11.7 Å². The number of ether oxygens (including phenoxy) is 1. The molecule has 0 bridgehead atoms. The van der Waals surface area contributed by atoms with Crippen LogP contribution in [0, 0.1) is 11.8 Å². The van der Waals surface area contributed by atoms with Crippen LogP contribution in [0.3, 0.4) is 0 Å². The number of hydrazine groups is 1. The van der Waals surface area contributed by atoms with E-state index in [2.05, 4.69) is 9.97 Å². The van der Waals surface area contributed by atoms with Crippen LogP contribution in [-0.2, 0) is 20.8 Å². The number of nitrogens with zero attached hydrogens (tertiary/aromatic N) is 5. The highest BCUT2D eigenvalue weighted by Crippen LogP contribution is 2.32. The largest absolute Gasteiger partial charge is 0.480 e. The van der Waals surface area contributed by atoms with Crippen LogP contribution in [0.15, 0.2) is 12.4 Å². The van der Waals surface area contributed by atoms with Gasteiger partial charge in [-0.15, -0.1) is 0 Å². The van der Waals surface area contributed by atoms with Gasteiger partial charge in [-0.05, 0) is 18.8 Å². The van der Waals surface area contributed by atoms with Crippen molar-refractivity contribution in [1.29, 1.82) is 0 Å². The zero-order valence-corrected chi connectivity index (χ0v) is 18.1. The molecule has 1 saturated carbocycles. The second-order valence-electron chi connectivity index (χ2n) is 8.33. The van der Waals surface area contributed by atoms with Crippen molar-refractivity contribution in [2.45, 2.75) is 51.0 Å². The Balaban J connectivity index is 1.76. The van der Waals surface area contributed by atoms with Gasteiger partial charge >= 0.3 is 0 Å². The highest BCUT2D eigenvalue weighted by atomic mass is 16.5. The maximum absolute atomic E-state index is 13.5. The standard InChI is InChI=1S/C21H31N5O5/c1-24-10-7-18(19(28)12-17-20(31-2)23-9-8-22-17)26(24)21(29)16(13-25(30)14-27)11-15-5-3-4-6-15/h8-9,14-16,18,30H,3-7,10-13H2,1-2H3/t16-,18+/m1/s1. The van der Waals surface area contributed by atoms with Crippen molar-refractivity contribution in [1.82, 2.24) is 25.0 Å². The van der Waals surface area contributed by atoms with E-state index in [4.69, 9.17) is 4.74 Å². The fraction of sp³-hybridized carbons (Fsp3) is 0.667. The molecule has 31 heavy (non-hydrogen) atoms. The van der Waals surface area contributed by atoms with Crippen molar-refractivity contribution >= 4 is 18.1 Å². The van der Waals surface area contributed by atoms with E-state index >= 15 is 0 Å². The molecule has 1 aromatic heterocycles. The highest BCUT2D eigenvalue weighted by Gasteiger charge is 2.41. The molecule has 0 aromatic carbocycles. The van der Waals surface area contributed by atoms with E-state index in [0.29, 0.717) is 48.4 Å². The fourth-order valence-electron chi connectivity index (χ4n) is 4.68. The van der Waals surface area contributed by atoms with Crippen LogP contribution in [0.1, 0.15) is 44.2 Å². The monoisotopic (exact) mass is 433 g/mol. The predicted octanol–water partition coefficient (Wildman–Crippen LogP) is 1.09. The summed E-state index contributed by atoms with van der Waals surface area (Å²) >= 11 is 0. The molecule has 0 radical (unpaired) electrons. The van der Waals surface area contributed by atoms with Gasteiger partial charge in [0.05, 0.1) is 26.0 Å². The van der Waals surface area contributed by atoms with Gasteiger partial charge in [-0.1, -0.05) is 25.7 Å². The number of methoxy groups -OCH3 is 1. The molecule has 1 N–H and O–H groups in total. The zero-order valence-electron chi connectivity index (χ0n) is 18.1. The molecule has 0 unspecified atom stereocenters. The van der Waals surface area contributed by atoms with Gasteiger partial charge in [0.25, 0.3) is 0 Å². The van der Waals surface area contributed by atoms with E-state index in [-0.39, 0.29) is 24.7 Å². The number of rotatable bonds is 10. The Morgan fingerprint density at radius 2 is 2.00 bits per heavy atom. The molecule has 1 aliphatic heterocycles. The summed E-state index contributed by atoms with van der Waals surface area (Å²) in [5.41, 5.74) is 0.432. The Bertz CT molecular complexity index is 785. The van der Waals surface area contributed by atoms with Crippen molar-refractivity contribution in [2.24, 2.45) is 11.8 Å². The first-order valence-corrected chi connectivity index (χ1v) is 10.8. The Kier molecular flexibility index (Phi) is 7.91.